The molecular formula is C23H29N3O5S2. The Kier molecular flexibility index (Phi) is 8.85. The van der Waals surface area contributed by atoms with Gasteiger partial charge in [0.1, 0.15) is 17.3 Å². The maximum absolute atomic E-state index is 13.2. The maximum atomic E-state index is 13.2. The van der Waals surface area contributed by atoms with Crippen molar-refractivity contribution in [3.8, 4) is 11.5 Å². The quantitative estimate of drug-likeness (QED) is 0.357. The molecule has 8 nitrogen and oxygen atoms in total. The van der Waals surface area contributed by atoms with Crippen molar-refractivity contribution in [1.29, 1.82) is 0 Å². The van der Waals surface area contributed by atoms with E-state index in [9.17, 15) is 19.5 Å². The molecule has 1 aliphatic rings. The molecule has 2 amide bonds. The molecule has 2 atom stereocenters. The minimum atomic E-state index is -1.15. The van der Waals surface area contributed by atoms with Crippen LogP contribution < -0.4 is 10.6 Å². The van der Waals surface area contributed by atoms with Crippen LogP contribution in [0.2, 0.25) is 0 Å². The van der Waals surface area contributed by atoms with Crippen LogP contribution >= 0.6 is 24.4 Å². The molecular weight excluding hydrogens is 462 g/mol. The molecule has 0 saturated heterocycles. The highest BCUT2D eigenvalue weighted by molar-refractivity contribution is 7.98. The van der Waals surface area contributed by atoms with Gasteiger partial charge in [0, 0.05) is 12.6 Å². The maximum Gasteiger partial charge on any atom is 0.326 e. The zero-order chi connectivity index (χ0) is 23.8. The highest BCUT2D eigenvalue weighted by Gasteiger charge is 2.44. The second-order valence-corrected chi connectivity index (χ2v) is 9.78. The van der Waals surface area contributed by atoms with Gasteiger partial charge in [-0.25, -0.2) is 4.79 Å². The molecule has 0 spiro atoms. The molecule has 0 aliphatic heterocycles. The lowest BCUT2D eigenvalue weighted by Gasteiger charge is -2.31. The molecule has 2 aromatic rings. The normalized spacial score (nSPS) is 16.7. The summed E-state index contributed by atoms with van der Waals surface area (Å²) in [5.74, 6) is -0.511. The van der Waals surface area contributed by atoms with Crippen molar-refractivity contribution in [1.82, 2.24) is 15.6 Å². The van der Waals surface area contributed by atoms with E-state index in [-0.39, 0.29) is 12.3 Å². The number of rotatable bonds is 11. The largest absolute Gasteiger partial charge is 0.480 e. The van der Waals surface area contributed by atoms with Crippen LogP contribution in [0.5, 0.6) is 0 Å². The standard InChI is InChI=1S/C23H29N3O5S2/c1-33-12-8-19(32)20(27)26-23(9-2-3-10-23)22(30)25-17(21(28)29)13-15-6-7-16(24-14-15)18-5-4-11-31-18/h4-7,11,14,17,19,32H,2-3,8-10,12-13H2,1H3,(H,25,30)(H,26,27)(H,28,29)/t17?,19-/m0/s1. The predicted molar refractivity (Wildman–Crippen MR) is 130 cm³/mol. The first kappa shape index (κ1) is 25.2. The highest BCUT2D eigenvalue weighted by Crippen LogP contribution is 2.31. The Morgan fingerprint density at radius 3 is 2.61 bits per heavy atom. The summed E-state index contributed by atoms with van der Waals surface area (Å²) in [5, 5.41) is 14.7. The summed E-state index contributed by atoms with van der Waals surface area (Å²) in [4.78, 5) is 42.1. The summed E-state index contributed by atoms with van der Waals surface area (Å²) in [6.45, 7) is 0. The van der Waals surface area contributed by atoms with Crippen LogP contribution in [0.15, 0.2) is 41.1 Å². The number of carbonyl (C=O) groups excluding carboxylic acids is 2. The first-order valence-corrected chi connectivity index (χ1v) is 12.8. The van der Waals surface area contributed by atoms with Crippen molar-refractivity contribution in [2.24, 2.45) is 0 Å². The molecule has 1 unspecified atom stereocenters. The van der Waals surface area contributed by atoms with Crippen LogP contribution in [-0.2, 0) is 20.8 Å². The fraction of sp³-hybridized carbons (Fsp3) is 0.478. The predicted octanol–water partition coefficient (Wildman–Crippen LogP) is 2.93. The Morgan fingerprint density at radius 1 is 1.27 bits per heavy atom. The summed E-state index contributed by atoms with van der Waals surface area (Å²) in [6.07, 6.45) is 8.25. The molecule has 3 N–H and O–H groups in total. The number of pyridine rings is 1. The molecule has 1 saturated carbocycles. The van der Waals surface area contributed by atoms with E-state index >= 15 is 0 Å². The highest BCUT2D eigenvalue weighted by atomic mass is 32.2. The zero-order valence-corrected chi connectivity index (χ0v) is 20.2. The third kappa shape index (κ3) is 6.54. The smallest absolute Gasteiger partial charge is 0.326 e. The van der Waals surface area contributed by atoms with Gasteiger partial charge in [0.2, 0.25) is 11.8 Å². The van der Waals surface area contributed by atoms with Crippen LogP contribution in [0, 0.1) is 0 Å². The van der Waals surface area contributed by atoms with Gasteiger partial charge in [0.25, 0.3) is 0 Å². The lowest BCUT2D eigenvalue weighted by molar-refractivity contribution is -0.143. The summed E-state index contributed by atoms with van der Waals surface area (Å²) in [5.41, 5.74) is 0.192. The lowest BCUT2D eigenvalue weighted by atomic mass is 9.94. The third-order valence-corrected chi connectivity index (χ3v) is 6.93. The van der Waals surface area contributed by atoms with Crippen molar-refractivity contribution in [3.05, 3.63) is 42.3 Å². The molecule has 1 aliphatic carbocycles. The number of nitrogens with zero attached hydrogens (tertiary/aromatic N) is 1. The van der Waals surface area contributed by atoms with Gasteiger partial charge >= 0.3 is 5.97 Å². The van der Waals surface area contributed by atoms with Crippen LogP contribution in [0.1, 0.15) is 37.7 Å². The number of hydrogen-bond donors (Lipinski definition) is 4. The Bertz CT molecular complexity index is 944. The fourth-order valence-electron chi connectivity index (χ4n) is 3.91. The number of carbonyl (C=O) groups is 3. The molecule has 0 aromatic carbocycles. The monoisotopic (exact) mass is 491 g/mol. The van der Waals surface area contributed by atoms with E-state index in [0.717, 1.165) is 18.6 Å². The van der Waals surface area contributed by atoms with E-state index in [1.807, 2.05) is 6.26 Å². The number of aliphatic carboxylic acids is 1. The van der Waals surface area contributed by atoms with E-state index in [4.69, 9.17) is 4.42 Å². The van der Waals surface area contributed by atoms with E-state index in [2.05, 4.69) is 28.2 Å². The fourth-order valence-corrected chi connectivity index (χ4v) is 4.75. The van der Waals surface area contributed by atoms with E-state index < -0.39 is 28.7 Å². The third-order valence-electron chi connectivity index (χ3n) is 5.79. The second-order valence-electron chi connectivity index (χ2n) is 8.17. The van der Waals surface area contributed by atoms with Crippen LogP contribution in [0.4, 0.5) is 0 Å². The molecule has 3 rings (SSSR count). The molecule has 0 bridgehead atoms. The van der Waals surface area contributed by atoms with Gasteiger partial charge in [-0.15, -0.1) is 0 Å². The number of nitrogens with one attached hydrogen (secondary N) is 2. The molecule has 1 fully saturated rings. The number of furan rings is 1. The molecule has 33 heavy (non-hydrogen) atoms. The van der Waals surface area contributed by atoms with Gasteiger partial charge in [-0.1, -0.05) is 18.9 Å². The van der Waals surface area contributed by atoms with Gasteiger partial charge in [0.05, 0.1) is 11.5 Å². The van der Waals surface area contributed by atoms with E-state index in [1.54, 1.807) is 48.5 Å². The Balaban J connectivity index is 1.67. The van der Waals surface area contributed by atoms with Crippen molar-refractivity contribution in [2.45, 2.75) is 55.4 Å². The van der Waals surface area contributed by atoms with E-state index in [0.29, 0.717) is 36.3 Å². The Hall–Kier alpha value is -2.46. The van der Waals surface area contributed by atoms with Crippen molar-refractivity contribution < 1.29 is 23.9 Å². The SMILES string of the molecule is CSCC[C@H](S)C(=O)NC1(C(=O)NC(Cc2ccc(-c3ccco3)nc2)C(=O)O)CCCC1. The molecule has 178 valence electrons. The average Bonchev–Trinajstić information content (AvgIpc) is 3.50. The van der Waals surface area contributed by atoms with Gasteiger partial charge in [-0.05, 0) is 55.0 Å². The summed E-state index contributed by atoms with van der Waals surface area (Å²) in [6, 6.07) is 5.91. The molecule has 2 heterocycles. The van der Waals surface area contributed by atoms with Crippen LogP contribution in [0.25, 0.3) is 11.5 Å². The first-order chi connectivity index (χ1) is 15.8. The number of amides is 2. The van der Waals surface area contributed by atoms with Gasteiger partial charge in [0.15, 0.2) is 5.76 Å². The number of carboxylic acids is 1. The minimum absolute atomic E-state index is 0.0689. The summed E-state index contributed by atoms with van der Waals surface area (Å²) in [7, 11) is 0. The lowest BCUT2D eigenvalue weighted by Crippen LogP contribution is -2.61. The number of aromatic nitrogens is 1. The Labute approximate surface area is 202 Å². The molecule has 2 aromatic heterocycles. The number of thiol groups is 1. The molecule has 0 radical (unpaired) electrons. The van der Waals surface area contributed by atoms with Gasteiger partial charge in [-0.3, -0.25) is 14.6 Å². The first-order valence-electron chi connectivity index (χ1n) is 10.9. The number of hydrogen-bond acceptors (Lipinski definition) is 7. The van der Waals surface area contributed by atoms with Gasteiger partial charge in [-0.2, -0.15) is 24.4 Å². The second kappa shape index (κ2) is 11.6. The van der Waals surface area contributed by atoms with Crippen molar-refractivity contribution >= 4 is 42.2 Å². The summed E-state index contributed by atoms with van der Waals surface area (Å²) >= 11 is 6.00. The number of carboxylic acid groups (broad SMARTS) is 1. The van der Waals surface area contributed by atoms with Crippen molar-refractivity contribution in [3.63, 3.8) is 0 Å². The Morgan fingerprint density at radius 2 is 2.03 bits per heavy atom. The number of thioether (sulfide) groups is 1. The summed E-state index contributed by atoms with van der Waals surface area (Å²) < 4.78 is 5.31. The van der Waals surface area contributed by atoms with Crippen LogP contribution in [0.3, 0.4) is 0 Å². The van der Waals surface area contributed by atoms with Gasteiger partial charge < -0.3 is 20.2 Å². The zero-order valence-electron chi connectivity index (χ0n) is 18.5. The molecule has 10 heteroatoms. The topological polar surface area (TPSA) is 122 Å². The van der Waals surface area contributed by atoms with Crippen LogP contribution in [-0.4, -0.2) is 56.7 Å². The van der Waals surface area contributed by atoms with E-state index in [1.165, 1.54) is 0 Å². The minimum Gasteiger partial charge on any atom is -0.480 e. The average molecular weight is 492 g/mol. The van der Waals surface area contributed by atoms with Crippen molar-refractivity contribution in [2.75, 3.05) is 12.0 Å².